The van der Waals surface area contributed by atoms with Gasteiger partial charge in [0, 0.05) is 20.1 Å². The number of hydrogen-bond acceptors (Lipinski definition) is 5. The third-order valence-corrected chi connectivity index (χ3v) is 3.13. The van der Waals surface area contributed by atoms with Crippen LogP contribution in [0.2, 0.25) is 0 Å². The summed E-state index contributed by atoms with van der Waals surface area (Å²) in [4.78, 5) is 25.5. The molecule has 2 amide bonds. The Kier molecular flexibility index (Phi) is 4.10. The van der Waals surface area contributed by atoms with E-state index in [0.717, 1.165) is 0 Å². The number of aromatic nitrogens is 3. The van der Waals surface area contributed by atoms with Crippen molar-refractivity contribution in [2.45, 2.75) is 19.4 Å². The lowest BCUT2D eigenvalue weighted by Crippen LogP contribution is -2.38. The first-order valence-corrected chi connectivity index (χ1v) is 6.05. The van der Waals surface area contributed by atoms with Gasteiger partial charge in [-0.05, 0) is 6.92 Å². The molecule has 0 bridgehead atoms. The molecule has 1 aliphatic rings. The van der Waals surface area contributed by atoms with Crippen LogP contribution in [0.3, 0.4) is 0 Å². The molecule has 0 saturated carbocycles. The molecule has 8 heteroatoms. The molecule has 1 aromatic rings. The molecular weight excluding hydrogens is 250 g/mol. The van der Waals surface area contributed by atoms with Crippen LogP contribution >= 0.6 is 0 Å². The monoisotopic (exact) mass is 267 g/mol. The molecule has 2 atom stereocenters. The predicted molar refractivity (Wildman–Crippen MR) is 65.5 cm³/mol. The zero-order chi connectivity index (χ0) is 13.8. The summed E-state index contributed by atoms with van der Waals surface area (Å²) in [7, 11) is 1.59. The minimum atomic E-state index is -0.353. The Balaban J connectivity index is 1.93. The van der Waals surface area contributed by atoms with Crippen molar-refractivity contribution in [3.63, 3.8) is 0 Å². The first-order valence-electron chi connectivity index (χ1n) is 6.05. The maximum atomic E-state index is 12.0. The lowest BCUT2D eigenvalue weighted by molar-refractivity contribution is -0.130. The normalized spacial score (nSPS) is 20.6. The summed E-state index contributed by atoms with van der Waals surface area (Å²) in [5.74, 6) is -0.581. The van der Waals surface area contributed by atoms with Crippen molar-refractivity contribution in [3.8, 4) is 0 Å². The highest BCUT2D eigenvalue weighted by Crippen LogP contribution is 2.20. The number of nitrogens with zero attached hydrogens (tertiary/aromatic N) is 4. The molecule has 0 aromatic carbocycles. The minimum absolute atomic E-state index is 0.0199. The van der Waals surface area contributed by atoms with Crippen molar-refractivity contribution < 1.29 is 14.3 Å². The first kappa shape index (κ1) is 13.5. The Morgan fingerprint density at radius 1 is 1.58 bits per heavy atom. The molecule has 2 heterocycles. The van der Waals surface area contributed by atoms with Crippen LogP contribution in [0.15, 0.2) is 12.7 Å². The number of carbonyl (C=O) groups is 2. The quantitative estimate of drug-likeness (QED) is 0.757. The lowest BCUT2D eigenvalue weighted by Gasteiger charge is -2.23. The summed E-state index contributed by atoms with van der Waals surface area (Å²) in [6.45, 7) is 2.78. The summed E-state index contributed by atoms with van der Waals surface area (Å²) in [6, 6.07) is -0.0230. The van der Waals surface area contributed by atoms with Crippen LogP contribution in [-0.2, 0) is 14.3 Å². The lowest BCUT2D eigenvalue weighted by atomic mass is 10.1. The van der Waals surface area contributed by atoms with E-state index in [-0.39, 0.29) is 30.2 Å². The van der Waals surface area contributed by atoms with Gasteiger partial charge in [-0.1, -0.05) is 0 Å². The number of methoxy groups -OCH3 is 1. The van der Waals surface area contributed by atoms with Gasteiger partial charge in [0.25, 0.3) is 0 Å². The number of rotatable bonds is 5. The van der Waals surface area contributed by atoms with Gasteiger partial charge in [0.15, 0.2) is 0 Å². The van der Waals surface area contributed by atoms with Crippen molar-refractivity contribution >= 4 is 11.8 Å². The molecule has 104 valence electrons. The first-order chi connectivity index (χ1) is 9.11. The van der Waals surface area contributed by atoms with Crippen LogP contribution in [-0.4, -0.2) is 57.9 Å². The highest BCUT2D eigenvalue weighted by Gasteiger charge is 2.36. The average Bonchev–Trinajstić information content (AvgIpc) is 2.98. The fourth-order valence-electron chi connectivity index (χ4n) is 2.14. The van der Waals surface area contributed by atoms with Crippen LogP contribution in [0.1, 0.15) is 13.3 Å². The molecule has 19 heavy (non-hydrogen) atoms. The Bertz CT molecular complexity index is 447. The Morgan fingerprint density at radius 3 is 2.89 bits per heavy atom. The molecule has 1 aliphatic heterocycles. The van der Waals surface area contributed by atoms with E-state index < -0.39 is 0 Å². The zero-order valence-corrected chi connectivity index (χ0v) is 10.9. The largest absolute Gasteiger partial charge is 0.383 e. The SMILES string of the molecule is COC[C@H](C)N1C[C@H](C(=O)Nn2cnnc2)CC1=O. The summed E-state index contributed by atoms with van der Waals surface area (Å²) >= 11 is 0. The standard InChI is InChI=1S/C11H17N5O3/c1-8(5-19-2)16-4-9(3-10(16)17)11(18)14-15-6-12-13-7-15/h6-9H,3-5H2,1-2H3,(H,14,18)/t8-,9+/m0/s1. The van der Waals surface area contributed by atoms with Crippen molar-refractivity contribution in [3.05, 3.63) is 12.7 Å². The molecular formula is C11H17N5O3. The third-order valence-electron chi connectivity index (χ3n) is 3.13. The molecule has 0 unspecified atom stereocenters. The minimum Gasteiger partial charge on any atom is -0.383 e. The Morgan fingerprint density at radius 2 is 2.26 bits per heavy atom. The van der Waals surface area contributed by atoms with Gasteiger partial charge in [-0.15, -0.1) is 10.2 Å². The molecule has 8 nitrogen and oxygen atoms in total. The van der Waals surface area contributed by atoms with Crippen LogP contribution in [0.25, 0.3) is 0 Å². The molecule has 0 radical (unpaired) electrons. The van der Waals surface area contributed by atoms with Crippen LogP contribution in [0.4, 0.5) is 0 Å². The van der Waals surface area contributed by atoms with Crippen molar-refractivity contribution in [2.75, 3.05) is 25.7 Å². The highest BCUT2D eigenvalue weighted by atomic mass is 16.5. The molecule has 1 saturated heterocycles. The summed E-state index contributed by atoms with van der Waals surface area (Å²) < 4.78 is 6.40. The van der Waals surface area contributed by atoms with E-state index in [1.807, 2.05) is 6.92 Å². The summed E-state index contributed by atoms with van der Waals surface area (Å²) in [5, 5.41) is 7.18. The van der Waals surface area contributed by atoms with Gasteiger partial charge in [-0.25, -0.2) is 4.68 Å². The topological polar surface area (TPSA) is 89.3 Å². The van der Waals surface area contributed by atoms with Gasteiger partial charge in [0.05, 0.1) is 18.6 Å². The smallest absolute Gasteiger partial charge is 0.244 e. The maximum absolute atomic E-state index is 12.0. The Hall–Kier alpha value is -1.96. The van der Waals surface area contributed by atoms with Gasteiger partial charge < -0.3 is 9.64 Å². The predicted octanol–water partition coefficient (Wildman–Crippen LogP) is -0.768. The molecule has 2 rings (SSSR count). The average molecular weight is 267 g/mol. The number of nitrogens with one attached hydrogen (secondary N) is 1. The van der Waals surface area contributed by atoms with E-state index in [1.54, 1.807) is 12.0 Å². The van der Waals surface area contributed by atoms with E-state index in [2.05, 4.69) is 15.6 Å². The Labute approximate surface area is 110 Å². The van der Waals surface area contributed by atoms with Gasteiger partial charge in [0.2, 0.25) is 11.8 Å². The fourth-order valence-corrected chi connectivity index (χ4v) is 2.14. The van der Waals surface area contributed by atoms with Crippen LogP contribution in [0, 0.1) is 5.92 Å². The number of hydrogen-bond donors (Lipinski definition) is 1. The third kappa shape index (κ3) is 3.08. The highest BCUT2D eigenvalue weighted by molar-refractivity contribution is 5.93. The molecule has 1 N–H and O–H groups in total. The summed E-state index contributed by atoms with van der Waals surface area (Å²) in [6.07, 6.45) is 3.00. The summed E-state index contributed by atoms with van der Waals surface area (Å²) in [5.41, 5.74) is 2.62. The maximum Gasteiger partial charge on any atom is 0.244 e. The van der Waals surface area contributed by atoms with Gasteiger partial charge >= 0.3 is 0 Å². The van der Waals surface area contributed by atoms with Gasteiger partial charge in [-0.3, -0.25) is 15.0 Å². The van der Waals surface area contributed by atoms with Crippen molar-refractivity contribution in [1.82, 2.24) is 19.8 Å². The second kappa shape index (κ2) is 5.79. The van der Waals surface area contributed by atoms with Gasteiger partial charge in [0.1, 0.15) is 12.7 Å². The number of amides is 2. The van der Waals surface area contributed by atoms with Gasteiger partial charge in [-0.2, -0.15) is 0 Å². The fraction of sp³-hybridized carbons (Fsp3) is 0.636. The zero-order valence-electron chi connectivity index (χ0n) is 10.9. The van der Waals surface area contributed by atoms with Crippen LogP contribution < -0.4 is 5.43 Å². The number of ether oxygens (including phenoxy) is 1. The van der Waals surface area contributed by atoms with E-state index in [1.165, 1.54) is 17.3 Å². The molecule has 0 spiro atoms. The molecule has 0 aliphatic carbocycles. The number of carbonyl (C=O) groups excluding carboxylic acids is 2. The van der Waals surface area contributed by atoms with Crippen LogP contribution in [0.5, 0.6) is 0 Å². The van der Waals surface area contributed by atoms with E-state index in [0.29, 0.717) is 13.2 Å². The molecule has 1 aromatic heterocycles. The van der Waals surface area contributed by atoms with Crippen molar-refractivity contribution in [2.24, 2.45) is 5.92 Å². The van der Waals surface area contributed by atoms with E-state index in [9.17, 15) is 9.59 Å². The van der Waals surface area contributed by atoms with E-state index >= 15 is 0 Å². The molecule has 1 fully saturated rings. The second-order valence-electron chi connectivity index (χ2n) is 4.60. The van der Waals surface area contributed by atoms with Crippen molar-refractivity contribution in [1.29, 1.82) is 0 Å². The van der Waals surface area contributed by atoms with E-state index in [4.69, 9.17) is 4.74 Å². The number of likely N-dealkylation sites (tertiary alicyclic amines) is 1. The second-order valence-corrected chi connectivity index (χ2v) is 4.60.